The summed E-state index contributed by atoms with van der Waals surface area (Å²) in [6, 6.07) is 6.96. The molecular weight excluding hydrogens is 422 g/mol. The maximum atomic E-state index is 12.8. The predicted octanol–water partition coefficient (Wildman–Crippen LogP) is 3.97. The number of nitrogens with one attached hydrogen (secondary N) is 2. The van der Waals surface area contributed by atoms with Crippen molar-refractivity contribution in [3.8, 4) is 5.75 Å². The van der Waals surface area contributed by atoms with Crippen molar-refractivity contribution in [1.82, 2.24) is 10.6 Å². The summed E-state index contributed by atoms with van der Waals surface area (Å²) in [5, 5.41) is 5.67. The van der Waals surface area contributed by atoms with Crippen LogP contribution in [0, 0.1) is 0 Å². The Kier molecular flexibility index (Phi) is 12.9. The van der Waals surface area contributed by atoms with Gasteiger partial charge in [-0.05, 0) is 49.2 Å². The molecule has 1 rings (SSSR count). The van der Waals surface area contributed by atoms with Gasteiger partial charge in [0.2, 0.25) is 5.91 Å². The molecule has 0 heterocycles. The van der Waals surface area contributed by atoms with E-state index in [0.29, 0.717) is 25.0 Å². The largest absolute Gasteiger partial charge is 0.497 e. The van der Waals surface area contributed by atoms with E-state index in [1.807, 2.05) is 12.1 Å². The van der Waals surface area contributed by atoms with Crippen LogP contribution >= 0.6 is 12.2 Å². The van der Waals surface area contributed by atoms with Crippen LogP contribution in [0.15, 0.2) is 28.6 Å². The van der Waals surface area contributed by atoms with E-state index in [9.17, 15) is 13.2 Å². The van der Waals surface area contributed by atoms with Crippen LogP contribution in [-0.4, -0.2) is 39.6 Å². The fourth-order valence-corrected chi connectivity index (χ4v) is 3.82. The lowest BCUT2D eigenvalue weighted by Crippen LogP contribution is -2.40. The molecular formula is C21H33N3O4S2. The third-order valence-corrected chi connectivity index (χ3v) is 5.74. The number of hydrogen-bond acceptors (Lipinski definition) is 6. The fourth-order valence-electron chi connectivity index (χ4n) is 3.26. The number of ether oxygens (including phenoxy) is 1. The van der Waals surface area contributed by atoms with E-state index in [2.05, 4.69) is 21.9 Å². The molecule has 9 heteroatoms. The zero-order valence-electron chi connectivity index (χ0n) is 18.0. The maximum Gasteiger partial charge on any atom is 0.311 e. The Labute approximate surface area is 186 Å². The molecule has 30 heavy (non-hydrogen) atoms. The molecule has 0 spiro atoms. The summed E-state index contributed by atoms with van der Waals surface area (Å²) in [6.45, 7) is 2.16. The van der Waals surface area contributed by atoms with Crippen LogP contribution in [0.25, 0.3) is 0 Å². The lowest BCUT2D eigenvalue weighted by molar-refractivity contribution is -0.121. The van der Waals surface area contributed by atoms with E-state index in [-0.39, 0.29) is 17.1 Å². The fraction of sp³-hybridized carbons (Fsp3) is 0.619. The number of amides is 1. The summed E-state index contributed by atoms with van der Waals surface area (Å²) in [7, 11) is 0.762. The Morgan fingerprint density at radius 3 is 2.33 bits per heavy atom. The summed E-state index contributed by atoms with van der Waals surface area (Å²) in [4.78, 5) is 12.8. The molecule has 0 fully saturated rings. The minimum absolute atomic E-state index is 0.232. The molecule has 0 saturated carbocycles. The molecule has 0 aliphatic rings. The Morgan fingerprint density at radius 2 is 1.77 bits per heavy atom. The molecule has 1 aromatic carbocycles. The van der Waals surface area contributed by atoms with Crippen LogP contribution in [0.3, 0.4) is 0 Å². The number of carbonyl (C=O) groups is 1. The van der Waals surface area contributed by atoms with E-state index in [1.54, 1.807) is 26.3 Å². The van der Waals surface area contributed by atoms with Crippen molar-refractivity contribution in [2.45, 2.75) is 70.3 Å². The number of hydrogen-bond donors (Lipinski definition) is 2. The molecule has 2 N–H and O–H groups in total. The molecule has 0 bridgehead atoms. The Balaban J connectivity index is 2.89. The number of rotatable bonds is 13. The van der Waals surface area contributed by atoms with Gasteiger partial charge in [-0.2, -0.15) is 12.8 Å². The monoisotopic (exact) mass is 455 g/mol. The first-order valence-corrected chi connectivity index (χ1v) is 11.8. The van der Waals surface area contributed by atoms with E-state index in [0.717, 1.165) is 31.2 Å². The highest BCUT2D eigenvalue weighted by Crippen LogP contribution is 2.26. The van der Waals surface area contributed by atoms with Gasteiger partial charge in [0.25, 0.3) is 0 Å². The van der Waals surface area contributed by atoms with Gasteiger partial charge in [0.05, 0.1) is 19.1 Å². The standard InChI is InChI=1S/C21H33N3O4S2/c1-4-5-6-7-8-9-17(24-30(26)27)12-15-19(20(25)23-21(29)22-2)16-10-13-18(28-3)14-11-16/h10-11,13-14,17,19H,4-9,12,15H2,1-3H3,(H2,22,23,25,29). The Hall–Kier alpha value is -2.00. The van der Waals surface area contributed by atoms with Crippen molar-refractivity contribution in [2.24, 2.45) is 4.36 Å². The van der Waals surface area contributed by atoms with Crippen molar-refractivity contribution in [3.05, 3.63) is 29.8 Å². The van der Waals surface area contributed by atoms with Gasteiger partial charge in [-0.15, -0.1) is 0 Å². The zero-order valence-corrected chi connectivity index (χ0v) is 19.7. The van der Waals surface area contributed by atoms with Crippen molar-refractivity contribution < 1.29 is 17.9 Å². The topological polar surface area (TPSA) is 96.9 Å². The molecule has 7 nitrogen and oxygen atoms in total. The van der Waals surface area contributed by atoms with Gasteiger partial charge in [-0.1, -0.05) is 51.2 Å². The van der Waals surface area contributed by atoms with E-state index >= 15 is 0 Å². The van der Waals surface area contributed by atoms with Crippen molar-refractivity contribution in [2.75, 3.05) is 14.2 Å². The van der Waals surface area contributed by atoms with Crippen molar-refractivity contribution in [1.29, 1.82) is 0 Å². The molecule has 2 unspecified atom stereocenters. The van der Waals surface area contributed by atoms with E-state index in [4.69, 9.17) is 17.0 Å². The normalized spacial score (nSPS) is 12.5. The summed E-state index contributed by atoms with van der Waals surface area (Å²) in [5.41, 5.74) is 0.817. The van der Waals surface area contributed by atoms with Crippen LogP contribution in [-0.2, 0) is 15.3 Å². The SMILES string of the molecule is CCCCCCCC(CCC(C(=O)NC(=S)NC)c1ccc(OC)cc1)N=S(=O)=O. The molecule has 0 radical (unpaired) electrons. The smallest absolute Gasteiger partial charge is 0.311 e. The first kappa shape index (κ1) is 26.0. The van der Waals surface area contributed by atoms with Gasteiger partial charge in [0.1, 0.15) is 5.75 Å². The minimum atomic E-state index is -2.46. The van der Waals surface area contributed by atoms with Crippen molar-refractivity contribution in [3.63, 3.8) is 0 Å². The zero-order chi connectivity index (χ0) is 22.4. The van der Waals surface area contributed by atoms with Crippen molar-refractivity contribution >= 4 is 33.7 Å². The van der Waals surface area contributed by atoms with Crippen LogP contribution in [0.2, 0.25) is 0 Å². The molecule has 1 amide bonds. The quantitative estimate of drug-likeness (QED) is 0.345. The van der Waals surface area contributed by atoms with Crippen LogP contribution in [0.4, 0.5) is 0 Å². The lowest BCUT2D eigenvalue weighted by Gasteiger charge is -2.19. The molecule has 0 saturated heterocycles. The number of benzene rings is 1. The molecule has 0 aromatic heterocycles. The number of thiocarbonyl (C=S) groups is 1. The van der Waals surface area contributed by atoms with Gasteiger partial charge >= 0.3 is 10.5 Å². The first-order chi connectivity index (χ1) is 14.4. The second-order valence-corrected chi connectivity index (χ2v) is 8.20. The van der Waals surface area contributed by atoms with Gasteiger partial charge < -0.3 is 15.4 Å². The van der Waals surface area contributed by atoms with E-state index in [1.165, 1.54) is 6.42 Å². The third kappa shape index (κ3) is 10.2. The predicted molar refractivity (Wildman–Crippen MR) is 123 cm³/mol. The molecule has 0 aliphatic carbocycles. The lowest BCUT2D eigenvalue weighted by atomic mass is 9.90. The van der Waals surface area contributed by atoms with Gasteiger partial charge in [-0.25, -0.2) is 0 Å². The highest BCUT2D eigenvalue weighted by molar-refractivity contribution is 7.80. The second kappa shape index (κ2) is 14.9. The average molecular weight is 456 g/mol. The van der Waals surface area contributed by atoms with Gasteiger partial charge in [-0.3, -0.25) is 4.79 Å². The highest BCUT2D eigenvalue weighted by atomic mass is 32.2. The van der Waals surface area contributed by atoms with Gasteiger partial charge in [0.15, 0.2) is 5.11 Å². The first-order valence-electron chi connectivity index (χ1n) is 10.4. The number of carbonyl (C=O) groups excluding carboxylic acids is 1. The van der Waals surface area contributed by atoms with Crippen LogP contribution < -0.4 is 15.4 Å². The Morgan fingerprint density at radius 1 is 1.10 bits per heavy atom. The summed E-state index contributed by atoms with van der Waals surface area (Å²) >= 11 is 5.06. The van der Waals surface area contributed by atoms with E-state index < -0.39 is 16.4 Å². The summed E-state index contributed by atoms with van der Waals surface area (Å²) in [6.07, 6.45) is 7.12. The average Bonchev–Trinajstić information content (AvgIpc) is 2.73. The minimum Gasteiger partial charge on any atom is -0.497 e. The maximum absolute atomic E-state index is 12.8. The highest BCUT2D eigenvalue weighted by Gasteiger charge is 2.23. The number of nitrogens with zero attached hydrogens (tertiary/aromatic N) is 1. The number of unbranched alkanes of at least 4 members (excludes halogenated alkanes) is 4. The summed E-state index contributed by atoms with van der Waals surface area (Å²) < 4.78 is 31.4. The molecule has 1 aromatic rings. The van der Waals surface area contributed by atoms with Gasteiger partial charge in [0, 0.05) is 7.05 Å². The summed E-state index contributed by atoms with van der Waals surface area (Å²) in [5.74, 6) is -0.00472. The van der Waals surface area contributed by atoms with Crippen LogP contribution in [0.1, 0.15) is 69.8 Å². The Bertz CT molecular complexity index is 787. The molecule has 168 valence electrons. The molecule has 0 aliphatic heterocycles. The second-order valence-electron chi connectivity index (χ2n) is 7.15. The third-order valence-electron chi connectivity index (χ3n) is 4.96. The number of methoxy groups -OCH3 is 1. The van der Waals surface area contributed by atoms with Crippen LogP contribution in [0.5, 0.6) is 5.75 Å². The molecule has 2 atom stereocenters.